The zero-order valence-corrected chi connectivity index (χ0v) is 13.0. The van der Waals surface area contributed by atoms with Crippen LogP contribution >= 0.6 is 11.8 Å². The highest BCUT2D eigenvalue weighted by Crippen LogP contribution is 2.43. The van der Waals surface area contributed by atoms with Crippen molar-refractivity contribution < 1.29 is 9.53 Å². The molecule has 1 atom stereocenters. The van der Waals surface area contributed by atoms with E-state index in [9.17, 15) is 4.79 Å². The first kappa shape index (κ1) is 15.0. The van der Waals surface area contributed by atoms with Crippen LogP contribution in [0.15, 0.2) is 0 Å². The quantitative estimate of drug-likeness (QED) is 0.772. The van der Waals surface area contributed by atoms with E-state index in [1.54, 1.807) is 11.8 Å². The highest BCUT2D eigenvalue weighted by molar-refractivity contribution is 8.01. The Kier molecular flexibility index (Phi) is 4.05. The van der Waals surface area contributed by atoms with Crippen LogP contribution in [0.2, 0.25) is 0 Å². The summed E-state index contributed by atoms with van der Waals surface area (Å²) in [7, 11) is 0. The Morgan fingerprint density at radius 1 is 1.29 bits per heavy atom. The van der Waals surface area contributed by atoms with Gasteiger partial charge in [-0.2, -0.15) is 0 Å². The first-order valence-electron chi connectivity index (χ1n) is 6.30. The molecule has 0 radical (unpaired) electrons. The van der Waals surface area contributed by atoms with Crippen LogP contribution in [0.4, 0.5) is 0 Å². The molecule has 17 heavy (non-hydrogen) atoms. The number of carbonyl (C=O) groups is 1. The summed E-state index contributed by atoms with van der Waals surface area (Å²) in [4.78, 5) is 12.3. The van der Waals surface area contributed by atoms with Gasteiger partial charge < -0.3 is 4.74 Å². The van der Waals surface area contributed by atoms with Crippen molar-refractivity contribution in [1.82, 2.24) is 0 Å². The number of ether oxygens (including phenoxy) is 1. The maximum Gasteiger partial charge on any atom is 0.148 e. The molecule has 0 N–H and O–H groups in total. The Hall–Kier alpha value is -0.0200. The highest BCUT2D eigenvalue weighted by Gasteiger charge is 2.48. The van der Waals surface area contributed by atoms with Crippen molar-refractivity contribution in [2.45, 2.75) is 70.8 Å². The summed E-state index contributed by atoms with van der Waals surface area (Å²) in [5, 5.41) is 0. The monoisotopic (exact) mass is 258 g/mol. The molecular formula is C14H26O2S. The number of thioether (sulfide) groups is 1. The molecule has 0 aromatic heterocycles. The largest absolute Gasteiger partial charge is 0.369 e. The van der Waals surface area contributed by atoms with Crippen molar-refractivity contribution in [2.24, 2.45) is 5.92 Å². The molecule has 0 aliphatic carbocycles. The summed E-state index contributed by atoms with van der Waals surface area (Å²) in [5.41, 5.74) is -0.491. The lowest BCUT2D eigenvalue weighted by atomic mass is 9.84. The molecule has 1 unspecified atom stereocenters. The second-order valence-electron chi connectivity index (χ2n) is 7.09. The number of carbonyl (C=O) groups excluding carboxylic acids is 1. The van der Waals surface area contributed by atoms with E-state index in [-0.39, 0.29) is 21.9 Å². The molecular weight excluding hydrogens is 232 g/mol. The topological polar surface area (TPSA) is 26.3 Å². The number of hydrogen-bond donors (Lipinski definition) is 0. The third-order valence-corrected chi connectivity index (χ3v) is 4.41. The molecule has 100 valence electrons. The molecule has 1 fully saturated rings. The van der Waals surface area contributed by atoms with Crippen molar-refractivity contribution in [2.75, 3.05) is 5.75 Å². The van der Waals surface area contributed by atoms with Gasteiger partial charge in [0.05, 0.1) is 17.0 Å². The summed E-state index contributed by atoms with van der Waals surface area (Å²) in [6, 6.07) is 0. The van der Waals surface area contributed by atoms with E-state index >= 15 is 0 Å². The molecule has 1 saturated heterocycles. The van der Waals surface area contributed by atoms with E-state index in [2.05, 4.69) is 34.6 Å². The van der Waals surface area contributed by atoms with Crippen LogP contribution in [0.25, 0.3) is 0 Å². The molecule has 0 spiro atoms. The van der Waals surface area contributed by atoms with Gasteiger partial charge in [-0.1, -0.05) is 20.8 Å². The normalized spacial score (nSPS) is 27.1. The summed E-state index contributed by atoms with van der Waals surface area (Å²) in [6.45, 7) is 14.6. The zero-order chi connectivity index (χ0) is 13.5. The number of hydrogen-bond acceptors (Lipinski definition) is 3. The molecule has 2 nitrogen and oxygen atoms in total. The predicted octanol–water partition coefficient (Wildman–Crippen LogP) is 3.68. The van der Waals surface area contributed by atoms with E-state index in [4.69, 9.17) is 4.74 Å². The van der Waals surface area contributed by atoms with E-state index in [1.807, 2.05) is 13.8 Å². The third-order valence-electron chi connectivity index (χ3n) is 3.11. The minimum absolute atomic E-state index is 0.0346. The lowest BCUT2D eigenvalue weighted by Gasteiger charge is -2.27. The lowest BCUT2D eigenvalue weighted by molar-refractivity contribution is -0.126. The highest BCUT2D eigenvalue weighted by atomic mass is 32.2. The maximum atomic E-state index is 12.3. The lowest BCUT2D eigenvalue weighted by Crippen LogP contribution is -2.35. The van der Waals surface area contributed by atoms with Gasteiger partial charge in [0.15, 0.2) is 0 Å². The van der Waals surface area contributed by atoms with Crippen LogP contribution in [0.5, 0.6) is 0 Å². The molecule has 0 aromatic carbocycles. The Morgan fingerprint density at radius 3 is 2.18 bits per heavy atom. The molecule has 0 saturated carbocycles. The Balaban J connectivity index is 2.64. The van der Waals surface area contributed by atoms with Gasteiger partial charge in [0.2, 0.25) is 0 Å². The zero-order valence-electron chi connectivity index (χ0n) is 12.2. The van der Waals surface area contributed by atoms with Gasteiger partial charge in [0, 0.05) is 10.7 Å². The second kappa shape index (κ2) is 4.58. The van der Waals surface area contributed by atoms with Gasteiger partial charge in [-0.3, -0.25) is 4.79 Å². The average Bonchev–Trinajstić information content (AvgIpc) is 2.29. The van der Waals surface area contributed by atoms with Crippen molar-refractivity contribution in [3.63, 3.8) is 0 Å². The fourth-order valence-corrected chi connectivity index (χ4v) is 3.23. The number of Topliss-reactive ketones (excluding diaryl/α,β-unsaturated/α-hetero) is 1. The molecule has 3 heteroatoms. The minimum atomic E-state index is -0.320. The SMILES string of the molecule is CC1(C)CC(C(=O)CSC(C)(C)C)C(C)(C)O1. The number of rotatable bonds is 3. The first-order chi connectivity index (χ1) is 7.43. The van der Waals surface area contributed by atoms with Crippen LogP contribution in [-0.4, -0.2) is 27.5 Å². The number of ketones is 1. The van der Waals surface area contributed by atoms with Gasteiger partial charge in [0.25, 0.3) is 0 Å². The first-order valence-corrected chi connectivity index (χ1v) is 7.28. The van der Waals surface area contributed by atoms with Gasteiger partial charge >= 0.3 is 0 Å². The fourth-order valence-electron chi connectivity index (χ4n) is 2.45. The molecule has 0 aromatic rings. The Morgan fingerprint density at radius 2 is 1.82 bits per heavy atom. The Bertz CT molecular complexity index is 300. The summed E-state index contributed by atoms with van der Waals surface area (Å²) in [5.74, 6) is 0.963. The van der Waals surface area contributed by atoms with Crippen LogP contribution < -0.4 is 0 Å². The van der Waals surface area contributed by atoms with Crippen LogP contribution in [0.3, 0.4) is 0 Å². The smallest absolute Gasteiger partial charge is 0.148 e. The third kappa shape index (κ3) is 4.29. The van der Waals surface area contributed by atoms with Crippen LogP contribution in [-0.2, 0) is 9.53 Å². The van der Waals surface area contributed by atoms with Crippen molar-refractivity contribution in [1.29, 1.82) is 0 Å². The molecule has 1 aliphatic heterocycles. The van der Waals surface area contributed by atoms with E-state index in [1.165, 1.54) is 0 Å². The van der Waals surface area contributed by atoms with Crippen LogP contribution in [0, 0.1) is 5.92 Å². The molecule has 0 bridgehead atoms. The van der Waals surface area contributed by atoms with Gasteiger partial charge in [-0.05, 0) is 34.1 Å². The van der Waals surface area contributed by atoms with Gasteiger partial charge in [0.1, 0.15) is 5.78 Å². The van der Waals surface area contributed by atoms with E-state index < -0.39 is 0 Å². The van der Waals surface area contributed by atoms with E-state index in [0.29, 0.717) is 11.5 Å². The molecule has 1 aliphatic rings. The second-order valence-corrected chi connectivity index (χ2v) is 8.89. The summed E-state index contributed by atoms with van der Waals surface area (Å²) in [6.07, 6.45) is 0.837. The van der Waals surface area contributed by atoms with Gasteiger partial charge in [-0.15, -0.1) is 11.8 Å². The molecule has 1 heterocycles. The Labute approximate surface area is 110 Å². The van der Waals surface area contributed by atoms with Crippen molar-refractivity contribution in [3.8, 4) is 0 Å². The summed E-state index contributed by atoms with van der Waals surface area (Å²) < 4.78 is 6.12. The fraction of sp³-hybridized carbons (Fsp3) is 0.929. The van der Waals surface area contributed by atoms with Crippen molar-refractivity contribution >= 4 is 17.5 Å². The summed E-state index contributed by atoms with van der Waals surface area (Å²) >= 11 is 1.72. The molecule has 1 rings (SSSR count). The predicted molar refractivity (Wildman–Crippen MR) is 74.6 cm³/mol. The maximum absolute atomic E-state index is 12.3. The van der Waals surface area contributed by atoms with Gasteiger partial charge in [-0.25, -0.2) is 0 Å². The van der Waals surface area contributed by atoms with Crippen LogP contribution in [0.1, 0.15) is 54.9 Å². The van der Waals surface area contributed by atoms with E-state index in [0.717, 1.165) is 6.42 Å². The molecule has 0 amide bonds. The minimum Gasteiger partial charge on any atom is -0.369 e. The van der Waals surface area contributed by atoms with Crippen molar-refractivity contribution in [3.05, 3.63) is 0 Å². The average molecular weight is 258 g/mol. The standard InChI is InChI=1S/C14H26O2S/c1-12(2,3)17-9-11(15)10-8-13(4,5)16-14(10,6)7/h10H,8-9H2,1-7H3.